The number of ether oxygens (including phenoxy) is 2. The van der Waals surface area contributed by atoms with E-state index in [1.54, 1.807) is 0 Å². The predicted octanol–water partition coefficient (Wildman–Crippen LogP) is 4.52. The number of amides is 2. The van der Waals surface area contributed by atoms with Crippen LogP contribution in [0.3, 0.4) is 0 Å². The number of carbonyl (C=O) groups is 1. The summed E-state index contributed by atoms with van der Waals surface area (Å²) in [7, 11) is 2.15. The Morgan fingerprint density at radius 1 is 0.778 bits per heavy atom. The molecule has 0 radical (unpaired) electrons. The number of carbonyl (C=O) groups excluding carboxylic acids is 1. The van der Waals surface area contributed by atoms with Crippen molar-refractivity contribution in [1.82, 2.24) is 14.9 Å². The molecule has 45 heavy (non-hydrogen) atoms. The van der Waals surface area contributed by atoms with Gasteiger partial charge in [-0.3, -0.25) is 0 Å². The molecule has 4 aliphatic heterocycles. The Morgan fingerprint density at radius 2 is 1.36 bits per heavy atom. The molecule has 2 bridgehead atoms. The molecule has 4 fully saturated rings. The van der Waals surface area contributed by atoms with Crippen molar-refractivity contribution in [1.29, 1.82) is 0 Å². The van der Waals surface area contributed by atoms with Gasteiger partial charge in [0.05, 0.1) is 37.5 Å². The highest BCUT2D eigenvalue weighted by Crippen LogP contribution is 2.36. The number of likely N-dealkylation sites (N-methyl/N-ethyl adjacent to an activating group) is 1. The number of anilines is 5. The predicted molar refractivity (Wildman–Crippen MR) is 179 cm³/mol. The molecule has 238 valence electrons. The minimum atomic E-state index is -0.283. The maximum atomic E-state index is 12.8. The van der Waals surface area contributed by atoms with E-state index in [2.05, 4.69) is 69.3 Å². The average molecular weight is 613 g/mol. The van der Waals surface area contributed by atoms with Gasteiger partial charge in [0.1, 0.15) is 11.6 Å². The smallest absolute Gasteiger partial charge is 0.323 e. The zero-order chi connectivity index (χ0) is 30.9. The number of hydrogen-bond donors (Lipinski definition) is 2. The normalized spacial score (nSPS) is 25.4. The summed E-state index contributed by atoms with van der Waals surface area (Å²) in [5.74, 6) is 2.55. The topological polar surface area (TPSA) is 98.3 Å². The summed E-state index contributed by atoms with van der Waals surface area (Å²) < 4.78 is 11.9. The molecule has 2 aromatic carbocycles. The molecule has 0 saturated carbocycles. The second-order valence-electron chi connectivity index (χ2n) is 12.9. The molecule has 7 rings (SSSR count). The Labute approximate surface area is 265 Å². The molecule has 2 unspecified atom stereocenters. The first-order valence-corrected chi connectivity index (χ1v) is 16.3. The number of nitrogens with one attached hydrogen (secondary N) is 2. The van der Waals surface area contributed by atoms with Gasteiger partial charge in [-0.2, -0.15) is 0 Å². The number of morpholine rings is 2. The second-order valence-corrected chi connectivity index (χ2v) is 12.9. The van der Waals surface area contributed by atoms with Crippen LogP contribution in [0.25, 0.3) is 11.4 Å². The maximum Gasteiger partial charge on any atom is 0.323 e. The fourth-order valence-corrected chi connectivity index (χ4v) is 7.03. The van der Waals surface area contributed by atoms with E-state index in [-0.39, 0.29) is 18.2 Å². The van der Waals surface area contributed by atoms with Crippen molar-refractivity contribution in [2.24, 2.45) is 0 Å². The minimum absolute atomic E-state index is 0.126. The summed E-state index contributed by atoms with van der Waals surface area (Å²) in [6.07, 6.45) is 2.49. The highest BCUT2D eigenvalue weighted by molar-refractivity contribution is 6.00. The lowest BCUT2D eigenvalue weighted by Crippen LogP contribution is -2.47. The Morgan fingerprint density at radius 3 is 1.98 bits per heavy atom. The number of benzene rings is 2. The van der Waals surface area contributed by atoms with Crippen molar-refractivity contribution < 1.29 is 14.3 Å². The van der Waals surface area contributed by atoms with Gasteiger partial charge in [-0.15, -0.1) is 0 Å². The van der Waals surface area contributed by atoms with Gasteiger partial charge in [0.2, 0.25) is 0 Å². The molecule has 2 amide bonds. The van der Waals surface area contributed by atoms with E-state index in [9.17, 15) is 4.79 Å². The molecule has 1 aromatic heterocycles. The minimum Gasteiger partial charge on any atom is -0.377 e. The van der Waals surface area contributed by atoms with Crippen LogP contribution in [0.4, 0.5) is 33.5 Å². The van der Waals surface area contributed by atoms with Crippen LogP contribution in [-0.2, 0) is 9.47 Å². The van der Waals surface area contributed by atoms with Crippen molar-refractivity contribution >= 4 is 34.7 Å². The highest BCUT2D eigenvalue weighted by Gasteiger charge is 2.39. The summed E-state index contributed by atoms with van der Waals surface area (Å²) in [5.41, 5.74) is 3.53. The van der Waals surface area contributed by atoms with Crippen LogP contribution in [0.1, 0.15) is 26.7 Å². The fraction of sp³-hybridized carbons (Fsp3) is 0.500. The second kappa shape index (κ2) is 12.8. The van der Waals surface area contributed by atoms with Crippen LogP contribution >= 0.6 is 0 Å². The number of urea groups is 1. The highest BCUT2D eigenvalue weighted by atomic mass is 16.5. The maximum absolute atomic E-state index is 12.8. The van der Waals surface area contributed by atoms with Crippen LogP contribution in [0.15, 0.2) is 54.6 Å². The molecule has 3 aromatic rings. The SMILES string of the molecule is C[C@@H]1CN(c2cc(N3C4CCC3COC4)nc(-c3ccc(NC(=O)Nc4ccc(N5CCN(C)CC5)cc4)cc3)n2)C[C@H](C)O1. The van der Waals surface area contributed by atoms with Crippen molar-refractivity contribution in [2.45, 2.75) is 51.0 Å². The van der Waals surface area contributed by atoms with Crippen LogP contribution in [-0.4, -0.2) is 105 Å². The summed E-state index contributed by atoms with van der Waals surface area (Å²) in [6, 6.07) is 18.3. The molecule has 0 aliphatic carbocycles. The third-order valence-corrected chi connectivity index (χ3v) is 9.34. The van der Waals surface area contributed by atoms with Crippen molar-refractivity contribution in [3.63, 3.8) is 0 Å². The largest absolute Gasteiger partial charge is 0.377 e. The van der Waals surface area contributed by atoms with Crippen molar-refractivity contribution in [3.8, 4) is 11.4 Å². The summed E-state index contributed by atoms with van der Waals surface area (Å²) in [6.45, 7) is 11.4. The zero-order valence-electron chi connectivity index (χ0n) is 26.5. The van der Waals surface area contributed by atoms with E-state index in [0.717, 1.165) is 88.2 Å². The molecule has 0 spiro atoms. The van der Waals surface area contributed by atoms with Gasteiger partial charge in [0.25, 0.3) is 0 Å². The first-order chi connectivity index (χ1) is 21.9. The quantitative estimate of drug-likeness (QED) is 0.417. The van der Waals surface area contributed by atoms with E-state index in [4.69, 9.17) is 19.4 Å². The molecular formula is C34H44N8O3. The van der Waals surface area contributed by atoms with Gasteiger partial charge < -0.3 is 39.7 Å². The average Bonchev–Trinajstić information content (AvgIpc) is 3.29. The summed E-state index contributed by atoms with van der Waals surface area (Å²) in [4.78, 5) is 32.4. The van der Waals surface area contributed by atoms with Crippen LogP contribution in [0.5, 0.6) is 0 Å². The van der Waals surface area contributed by atoms with Gasteiger partial charge in [0.15, 0.2) is 5.82 Å². The van der Waals surface area contributed by atoms with E-state index < -0.39 is 0 Å². The molecule has 4 aliphatic rings. The molecular weight excluding hydrogens is 568 g/mol. The van der Waals surface area contributed by atoms with Gasteiger partial charge in [-0.25, -0.2) is 14.8 Å². The Balaban J connectivity index is 1.05. The van der Waals surface area contributed by atoms with E-state index in [0.29, 0.717) is 23.6 Å². The van der Waals surface area contributed by atoms with E-state index >= 15 is 0 Å². The molecule has 4 atom stereocenters. The first-order valence-electron chi connectivity index (χ1n) is 16.3. The Bertz CT molecular complexity index is 1450. The Kier molecular flexibility index (Phi) is 8.48. The van der Waals surface area contributed by atoms with Crippen LogP contribution in [0, 0.1) is 0 Å². The number of aromatic nitrogens is 2. The summed E-state index contributed by atoms with van der Waals surface area (Å²) >= 11 is 0. The number of rotatable bonds is 6. The van der Waals surface area contributed by atoms with Crippen LogP contribution in [0.2, 0.25) is 0 Å². The number of fused-ring (bicyclic) bond motifs is 2. The lowest BCUT2D eigenvalue weighted by atomic mass is 10.1. The van der Waals surface area contributed by atoms with Gasteiger partial charge in [0, 0.05) is 68.0 Å². The van der Waals surface area contributed by atoms with Crippen LogP contribution < -0.4 is 25.3 Å². The van der Waals surface area contributed by atoms with Gasteiger partial charge in [-0.05, 0) is 82.3 Å². The van der Waals surface area contributed by atoms with E-state index in [1.165, 1.54) is 5.69 Å². The van der Waals surface area contributed by atoms with E-state index in [1.807, 2.05) is 36.4 Å². The number of nitrogens with zero attached hydrogens (tertiary/aromatic N) is 6. The lowest BCUT2D eigenvalue weighted by Gasteiger charge is -2.38. The molecule has 11 nitrogen and oxygen atoms in total. The molecule has 4 saturated heterocycles. The third kappa shape index (κ3) is 6.70. The zero-order valence-corrected chi connectivity index (χ0v) is 26.5. The number of piperazine rings is 1. The standard InChI is InChI=1S/C34H44N8O3/c1-23-19-41(20-24(2)45-23)31-18-32(42-29-12-13-30(42)22-44-21-29)38-33(37-31)25-4-6-26(7-5-25)35-34(43)36-27-8-10-28(11-9-27)40-16-14-39(3)15-17-40/h4-11,18,23-24,29-30H,12-17,19-22H2,1-3H3,(H2,35,36,43)/t23-,24+,29?,30?. The molecule has 11 heteroatoms. The first kappa shape index (κ1) is 29.8. The van der Waals surface area contributed by atoms with Crippen molar-refractivity contribution in [3.05, 3.63) is 54.6 Å². The lowest BCUT2D eigenvalue weighted by molar-refractivity contribution is -0.00546. The third-order valence-electron chi connectivity index (χ3n) is 9.34. The van der Waals surface area contributed by atoms with Gasteiger partial charge >= 0.3 is 6.03 Å². The van der Waals surface area contributed by atoms with Crippen molar-refractivity contribution in [2.75, 3.05) is 84.9 Å². The summed E-state index contributed by atoms with van der Waals surface area (Å²) in [5, 5.41) is 5.91. The fourth-order valence-electron chi connectivity index (χ4n) is 7.03. The van der Waals surface area contributed by atoms with Gasteiger partial charge in [-0.1, -0.05) is 0 Å². The number of hydrogen-bond acceptors (Lipinski definition) is 9. The molecule has 2 N–H and O–H groups in total. The molecule has 5 heterocycles. The monoisotopic (exact) mass is 612 g/mol. The Hall–Kier alpha value is -3.93.